The number of hydrogen-bond acceptors (Lipinski definition) is 4. The molecule has 138 valence electrons. The molecule has 0 N–H and O–H groups in total. The van der Waals surface area contributed by atoms with E-state index in [0.29, 0.717) is 18.4 Å². The lowest BCUT2D eigenvalue weighted by molar-refractivity contribution is -0.160. The van der Waals surface area contributed by atoms with Crippen molar-refractivity contribution in [1.82, 2.24) is 0 Å². The third-order valence-electron chi connectivity index (χ3n) is 3.47. The van der Waals surface area contributed by atoms with Gasteiger partial charge in [-0.15, -0.1) is 6.58 Å². The van der Waals surface area contributed by atoms with Gasteiger partial charge in [0.25, 0.3) is 0 Å². The highest BCUT2D eigenvalue weighted by molar-refractivity contribution is 5.89. The summed E-state index contributed by atoms with van der Waals surface area (Å²) < 4.78 is 10.7. The molecular weight excluding hydrogens is 316 g/mol. The van der Waals surface area contributed by atoms with Gasteiger partial charge in [0.1, 0.15) is 5.60 Å². The second-order valence-corrected chi connectivity index (χ2v) is 7.45. The van der Waals surface area contributed by atoms with Crippen LogP contribution in [0.2, 0.25) is 0 Å². The summed E-state index contributed by atoms with van der Waals surface area (Å²) in [5, 5.41) is 0. The molecule has 0 aliphatic rings. The topological polar surface area (TPSA) is 52.6 Å². The Morgan fingerprint density at radius 3 is 2.24 bits per heavy atom. The third kappa shape index (κ3) is 8.01. The van der Waals surface area contributed by atoms with Crippen LogP contribution in [0.15, 0.2) is 36.9 Å². The lowest BCUT2D eigenvalue weighted by atomic mass is 9.94. The van der Waals surface area contributed by atoms with Crippen molar-refractivity contribution in [2.24, 2.45) is 5.92 Å². The number of carbonyl (C=O) groups is 2. The van der Waals surface area contributed by atoms with Crippen LogP contribution < -0.4 is 0 Å². The monoisotopic (exact) mass is 346 g/mol. The molecule has 0 aliphatic carbocycles. The zero-order chi connectivity index (χ0) is 19.0. The number of esters is 2. The molecule has 0 saturated carbocycles. The van der Waals surface area contributed by atoms with Crippen molar-refractivity contribution in [2.45, 2.75) is 65.6 Å². The van der Waals surface area contributed by atoms with E-state index in [0.717, 1.165) is 12.0 Å². The fourth-order valence-electron chi connectivity index (χ4n) is 2.35. The predicted molar refractivity (Wildman–Crippen MR) is 99.5 cm³/mol. The molecule has 1 rings (SSSR count). The van der Waals surface area contributed by atoms with Crippen LogP contribution in [0.25, 0.3) is 0 Å². The molecule has 0 bridgehead atoms. The molecule has 0 unspecified atom stereocenters. The molecule has 1 aromatic carbocycles. The Bertz CT molecular complexity index is 579. The van der Waals surface area contributed by atoms with Crippen molar-refractivity contribution in [3.8, 4) is 0 Å². The maximum Gasteiger partial charge on any atom is 0.338 e. The fourth-order valence-corrected chi connectivity index (χ4v) is 2.35. The predicted octanol–water partition coefficient (Wildman–Crippen LogP) is 4.72. The number of benzene rings is 1. The standard InChI is InChI=1S/C21H30O4/c1-7-8-9-18(20(23)25-21(4,5)6)14-16-10-12-17(13-11-16)19(22)24-15(2)3/h7,10-13,15,18H,1,8-9,14H2,2-6H3/t18-/m1/s1. The van der Waals surface area contributed by atoms with Crippen LogP contribution >= 0.6 is 0 Å². The first-order valence-corrected chi connectivity index (χ1v) is 8.76. The van der Waals surface area contributed by atoms with Gasteiger partial charge in [0.15, 0.2) is 0 Å². The Morgan fingerprint density at radius 2 is 1.76 bits per heavy atom. The van der Waals surface area contributed by atoms with Crippen LogP contribution in [0.1, 0.15) is 63.4 Å². The van der Waals surface area contributed by atoms with Gasteiger partial charge in [-0.1, -0.05) is 18.2 Å². The number of allylic oxidation sites excluding steroid dienone is 1. The van der Waals surface area contributed by atoms with Crippen molar-refractivity contribution in [1.29, 1.82) is 0 Å². The molecule has 0 saturated heterocycles. The summed E-state index contributed by atoms with van der Waals surface area (Å²) in [5.74, 6) is -0.764. The molecule has 0 aliphatic heterocycles. The molecule has 0 radical (unpaired) electrons. The smallest absolute Gasteiger partial charge is 0.338 e. The van der Waals surface area contributed by atoms with Crippen molar-refractivity contribution in [2.75, 3.05) is 0 Å². The SMILES string of the molecule is C=CCC[C@H](Cc1ccc(C(=O)OC(C)C)cc1)C(=O)OC(C)(C)C. The lowest BCUT2D eigenvalue weighted by Crippen LogP contribution is -2.29. The molecule has 0 amide bonds. The van der Waals surface area contributed by atoms with Gasteiger partial charge in [0.2, 0.25) is 0 Å². The molecule has 0 fully saturated rings. The summed E-state index contributed by atoms with van der Waals surface area (Å²) in [6.07, 6.45) is 3.67. The largest absolute Gasteiger partial charge is 0.460 e. The van der Waals surface area contributed by atoms with Gasteiger partial charge in [-0.2, -0.15) is 0 Å². The van der Waals surface area contributed by atoms with Gasteiger partial charge in [0.05, 0.1) is 17.6 Å². The normalized spacial score (nSPS) is 12.6. The van der Waals surface area contributed by atoms with E-state index in [9.17, 15) is 9.59 Å². The van der Waals surface area contributed by atoms with Gasteiger partial charge in [-0.3, -0.25) is 4.79 Å². The number of carbonyl (C=O) groups excluding carboxylic acids is 2. The molecule has 1 aromatic rings. The molecule has 0 aromatic heterocycles. The Balaban J connectivity index is 2.81. The van der Waals surface area contributed by atoms with Crippen LogP contribution in [0.4, 0.5) is 0 Å². The van der Waals surface area contributed by atoms with E-state index in [-0.39, 0.29) is 24.0 Å². The maximum atomic E-state index is 12.4. The number of ether oxygens (including phenoxy) is 2. The summed E-state index contributed by atoms with van der Waals surface area (Å²) in [5.41, 5.74) is 0.993. The van der Waals surface area contributed by atoms with Gasteiger partial charge >= 0.3 is 11.9 Å². The van der Waals surface area contributed by atoms with Gasteiger partial charge in [0, 0.05) is 0 Å². The van der Waals surface area contributed by atoms with Crippen molar-refractivity contribution >= 4 is 11.9 Å². The molecule has 0 spiro atoms. The molecule has 4 nitrogen and oxygen atoms in total. The van der Waals surface area contributed by atoms with Crippen molar-refractivity contribution < 1.29 is 19.1 Å². The quantitative estimate of drug-likeness (QED) is 0.505. The van der Waals surface area contributed by atoms with E-state index in [1.165, 1.54) is 0 Å². The van der Waals surface area contributed by atoms with Crippen LogP contribution in [0, 0.1) is 5.92 Å². The fraction of sp³-hybridized carbons (Fsp3) is 0.524. The molecule has 25 heavy (non-hydrogen) atoms. The second-order valence-electron chi connectivity index (χ2n) is 7.45. The molecular formula is C21H30O4. The highest BCUT2D eigenvalue weighted by Gasteiger charge is 2.25. The summed E-state index contributed by atoms with van der Waals surface area (Å²) >= 11 is 0. The van der Waals surface area contributed by atoms with Crippen LogP contribution in [0.5, 0.6) is 0 Å². The molecule has 0 heterocycles. The van der Waals surface area contributed by atoms with Crippen molar-refractivity contribution in [3.63, 3.8) is 0 Å². The summed E-state index contributed by atoms with van der Waals surface area (Å²) in [7, 11) is 0. The van der Waals surface area contributed by atoms with Gasteiger partial charge in [-0.25, -0.2) is 4.79 Å². The number of rotatable bonds is 8. The van der Waals surface area contributed by atoms with E-state index in [2.05, 4.69) is 6.58 Å². The minimum Gasteiger partial charge on any atom is -0.460 e. The van der Waals surface area contributed by atoms with Crippen LogP contribution in [-0.4, -0.2) is 23.6 Å². The Kier molecular flexibility index (Phi) is 7.88. The van der Waals surface area contributed by atoms with E-state index in [1.54, 1.807) is 12.1 Å². The van der Waals surface area contributed by atoms with Crippen LogP contribution in [-0.2, 0) is 20.7 Å². The van der Waals surface area contributed by atoms with Gasteiger partial charge < -0.3 is 9.47 Å². The highest BCUT2D eigenvalue weighted by Crippen LogP contribution is 2.20. The Labute approximate surface area is 151 Å². The highest BCUT2D eigenvalue weighted by atomic mass is 16.6. The van der Waals surface area contributed by atoms with Gasteiger partial charge in [-0.05, 0) is 71.6 Å². The summed E-state index contributed by atoms with van der Waals surface area (Å²) in [6.45, 7) is 13.0. The third-order valence-corrected chi connectivity index (χ3v) is 3.47. The van der Waals surface area contributed by atoms with E-state index >= 15 is 0 Å². The number of hydrogen-bond donors (Lipinski definition) is 0. The zero-order valence-corrected chi connectivity index (χ0v) is 16.0. The Morgan fingerprint density at radius 1 is 1.16 bits per heavy atom. The van der Waals surface area contributed by atoms with Crippen molar-refractivity contribution in [3.05, 3.63) is 48.0 Å². The summed E-state index contributed by atoms with van der Waals surface area (Å²) in [6, 6.07) is 7.20. The average Bonchev–Trinajstić information content (AvgIpc) is 2.49. The molecule has 1 atom stereocenters. The first-order chi connectivity index (χ1) is 11.6. The minimum absolute atomic E-state index is 0.150. The Hall–Kier alpha value is -2.10. The van der Waals surface area contributed by atoms with E-state index in [4.69, 9.17) is 9.47 Å². The maximum absolute atomic E-state index is 12.4. The summed E-state index contributed by atoms with van der Waals surface area (Å²) in [4.78, 5) is 24.3. The minimum atomic E-state index is -0.506. The lowest BCUT2D eigenvalue weighted by Gasteiger charge is -2.24. The zero-order valence-electron chi connectivity index (χ0n) is 16.0. The first-order valence-electron chi connectivity index (χ1n) is 8.76. The van der Waals surface area contributed by atoms with E-state index < -0.39 is 5.60 Å². The van der Waals surface area contributed by atoms with Crippen LogP contribution in [0.3, 0.4) is 0 Å². The first kappa shape index (κ1) is 20.9. The average molecular weight is 346 g/mol. The van der Waals surface area contributed by atoms with E-state index in [1.807, 2.05) is 52.8 Å². The molecule has 4 heteroatoms. The second kappa shape index (κ2) is 9.40.